The second-order valence-electron chi connectivity index (χ2n) is 6.69. The number of nitrogens with zero attached hydrogens (tertiary/aromatic N) is 1. The van der Waals surface area contributed by atoms with Crippen molar-refractivity contribution in [2.45, 2.75) is 19.8 Å². The van der Waals surface area contributed by atoms with Gasteiger partial charge in [0.25, 0.3) is 0 Å². The average molecular weight is 444 g/mol. The lowest BCUT2D eigenvalue weighted by molar-refractivity contribution is 0.0702. The SMILES string of the molecule is CCS(=O)(=O)CCNC(=NCCCOCCOC)Nc1ccc2c(c1)OCCCO2. The van der Waals surface area contributed by atoms with Crippen LogP contribution in [0.3, 0.4) is 0 Å². The zero-order valence-corrected chi connectivity index (χ0v) is 18.6. The number of anilines is 1. The van der Waals surface area contributed by atoms with Crippen molar-refractivity contribution in [3.63, 3.8) is 0 Å². The van der Waals surface area contributed by atoms with E-state index >= 15 is 0 Å². The molecule has 1 aliphatic rings. The predicted molar refractivity (Wildman–Crippen MR) is 118 cm³/mol. The number of benzene rings is 1. The monoisotopic (exact) mass is 443 g/mol. The van der Waals surface area contributed by atoms with E-state index in [0.29, 0.717) is 57.0 Å². The molecule has 1 aromatic rings. The van der Waals surface area contributed by atoms with Crippen molar-refractivity contribution in [3.8, 4) is 11.5 Å². The van der Waals surface area contributed by atoms with Gasteiger partial charge in [0.2, 0.25) is 0 Å². The van der Waals surface area contributed by atoms with Gasteiger partial charge in [-0.1, -0.05) is 6.92 Å². The molecule has 0 aromatic heterocycles. The molecule has 0 saturated carbocycles. The molecule has 1 aliphatic heterocycles. The molecule has 30 heavy (non-hydrogen) atoms. The molecule has 0 radical (unpaired) electrons. The summed E-state index contributed by atoms with van der Waals surface area (Å²) >= 11 is 0. The third-order valence-electron chi connectivity index (χ3n) is 4.30. The van der Waals surface area contributed by atoms with Gasteiger partial charge >= 0.3 is 0 Å². The fourth-order valence-corrected chi connectivity index (χ4v) is 3.29. The predicted octanol–water partition coefficient (Wildman–Crippen LogP) is 1.69. The maximum absolute atomic E-state index is 11.8. The minimum Gasteiger partial charge on any atom is -0.490 e. The summed E-state index contributed by atoms with van der Waals surface area (Å²) in [5.74, 6) is 2.07. The van der Waals surface area contributed by atoms with E-state index in [1.807, 2.05) is 18.2 Å². The molecule has 1 aromatic carbocycles. The van der Waals surface area contributed by atoms with Crippen LogP contribution in [0.5, 0.6) is 11.5 Å². The third kappa shape index (κ3) is 9.19. The Kier molecular flexibility index (Phi) is 10.7. The Labute approximate surface area is 179 Å². The number of hydrogen-bond acceptors (Lipinski definition) is 7. The molecule has 0 amide bonds. The zero-order valence-electron chi connectivity index (χ0n) is 17.8. The second-order valence-corrected chi connectivity index (χ2v) is 9.16. The van der Waals surface area contributed by atoms with E-state index in [1.165, 1.54) is 0 Å². The molecule has 1 heterocycles. The van der Waals surface area contributed by atoms with Gasteiger partial charge in [-0.15, -0.1) is 0 Å². The molecule has 9 nitrogen and oxygen atoms in total. The number of methoxy groups -OCH3 is 1. The van der Waals surface area contributed by atoms with E-state index < -0.39 is 9.84 Å². The summed E-state index contributed by atoms with van der Waals surface area (Å²) in [5, 5.41) is 6.30. The molecule has 0 atom stereocenters. The molecule has 2 N–H and O–H groups in total. The Balaban J connectivity index is 1.95. The minimum absolute atomic E-state index is 0.0471. The first-order valence-corrected chi connectivity index (χ1v) is 12.1. The number of fused-ring (bicyclic) bond motifs is 1. The lowest BCUT2D eigenvalue weighted by atomic mass is 10.3. The van der Waals surface area contributed by atoms with Crippen molar-refractivity contribution in [2.75, 3.05) is 70.1 Å². The van der Waals surface area contributed by atoms with Gasteiger partial charge in [-0.2, -0.15) is 0 Å². The summed E-state index contributed by atoms with van der Waals surface area (Å²) in [4.78, 5) is 4.53. The largest absolute Gasteiger partial charge is 0.490 e. The van der Waals surface area contributed by atoms with Crippen molar-refractivity contribution in [1.29, 1.82) is 0 Å². The fraction of sp³-hybridized carbons (Fsp3) is 0.650. The van der Waals surface area contributed by atoms with Gasteiger partial charge in [0, 0.05) is 50.7 Å². The molecule has 0 saturated heterocycles. The molecule has 0 fully saturated rings. The van der Waals surface area contributed by atoms with Gasteiger partial charge in [0.05, 0.1) is 32.2 Å². The van der Waals surface area contributed by atoms with Gasteiger partial charge in [-0.25, -0.2) is 8.42 Å². The first kappa shape index (κ1) is 24.2. The molecule has 0 aliphatic carbocycles. The number of rotatable bonds is 12. The van der Waals surface area contributed by atoms with E-state index in [4.69, 9.17) is 18.9 Å². The molecule has 0 unspecified atom stereocenters. The smallest absolute Gasteiger partial charge is 0.195 e. The summed E-state index contributed by atoms with van der Waals surface area (Å²) in [6.07, 6.45) is 1.58. The fourth-order valence-electron chi connectivity index (χ4n) is 2.59. The van der Waals surface area contributed by atoms with Crippen molar-refractivity contribution in [3.05, 3.63) is 18.2 Å². The minimum atomic E-state index is -3.06. The van der Waals surface area contributed by atoms with Crippen LogP contribution in [-0.2, 0) is 19.3 Å². The Hall–Kier alpha value is -2.04. The Morgan fingerprint density at radius 3 is 2.73 bits per heavy atom. The first-order chi connectivity index (χ1) is 14.5. The number of aliphatic imine (C=N–C) groups is 1. The third-order valence-corrected chi connectivity index (χ3v) is 6.01. The van der Waals surface area contributed by atoms with Crippen LogP contribution in [0, 0.1) is 0 Å². The van der Waals surface area contributed by atoms with Crippen LogP contribution >= 0.6 is 0 Å². The van der Waals surface area contributed by atoms with Gasteiger partial charge in [-0.3, -0.25) is 4.99 Å². The molecule has 170 valence electrons. The molecular formula is C20H33N3O6S. The Bertz CT molecular complexity index is 770. The summed E-state index contributed by atoms with van der Waals surface area (Å²) in [6, 6.07) is 5.58. The lowest BCUT2D eigenvalue weighted by Gasteiger charge is -2.14. The van der Waals surface area contributed by atoms with E-state index in [9.17, 15) is 8.42 Å². The molecule has 0 spiro atoms. The molecule has 2 rings (SSSR count). The summed E-state index contributed by atoms with van der Waals surface area (Å²) in [5.41, 5.74) is 0.778. The topological polar surface area (TPSA) is 107 Å². The van der Waals surface area contributed by atoms with Crippen LogP contribution < -0.4 is 20.1 Å². The van der Waals surface area contributed by atoms with Gasteiger partial charge < -0.3 is 29.6 Å². The Morgan fingerprint density at radius 1 is 1.17 bits per heavy atom. The highest BCUT2D eigenvalue weighted by Gasteiger charge is 2.12. The standard InChI is InChI=1S/C20H33N3O6S/c1-3-30(24,25)15-9-22-20(21-8-4-10-27-14-13-26-2)23-17-6-7-18-19(16-17)29-12-5-11-28-18/h6-7,16H,3-5,8-15H2,1-2H3,(H2,21,22,23). The van der Waals surface area contributed by atoms with Gasteiger partial charge in [0.1, 0.15) is 0 Å². The lowest BCUT2D eigenvalue weighted by Crippen LogP contribution is -2.35. The Morgan fingerprint density at radius 2 is 1.97 bits per heavy atom. The van der Waals surface area contributed by atoms with Crippen LogP contribution in [0.4, 0.5) is 5.69 Å². The molecular weight excluding hydrogens is 410 g/mol. The summed E-state index contributed by atoms with van der Waals surface area (Å²) in [7, 11) is -1.42. The molecule has 10 heteroatoms. The number of sulfone groups is 1. The number of guanidine groups is 1. The average Bonchev–Trinajstić information content (AvgIpc) is 2.98. The quantitative estimate of drug-likeness (QED) is 0.286. The highest BCUT2D eigenvalue weighted by molar-refractivity contribution is 7.91. The highest BCUT2D eigenvalue weighted by atomic mass is 32.2. The summed E-state index contributed by atoms with van der Waals surface area (Å²) in [6.45, 7) is 5.38. The summed E-state index contributed by atoms with van der Waals surface area (Å²) < 4.78 is 45.3. The van der Waals surface area contributed by atoms with E-state index in [2.05, 4.69) is 15.6 Å². The molecule has 0 bridgehead atoms. The van der Waals surface area contributed by atoms with Crippen molar-refractivity contribution in [2.24, 2.45) is 4.99 Å². The maximum Gasteiger partial charge on any atom is 0.195 e. The number of nitrogens with one attached hydrogen (secondary N) is 2. The van der Waals surface area contributed by atoms with Crippen molar-refractivity contribution in [1.82, 2.24) is 5.32 Å². The normalized spacial score (nSPS) is 14.3. The number of hydrogen-bond donors (Lipinski definition) is 2. The van der Waals surface area contributed by atoms with Crippen molar-refractivity contribution < 1.29 is 27.4 Å². The highest BCUT2D eigenvalue weighted by Crippen LogP contribution is 2.32. The van der Waals surface area contributed by atoms with Gasteiger partial charge in [-0.05, 0) is 18.6 Å². The van der Waals surface area contributed by atoms with E-state index in [-0.39, 0.29) is 18.1 Å². The van der Waals surface area contributed by atoms with E-state index in [1.54, 1.807) is 14.0 Å². The van der Waals surface area contributed by atoms with Crippen LogP contribution in [-0.4, -0.2) is 79.1 Å². The van der Waals surface area contributed by atoms with Crippen LogP contribution in [0.1, 0.15) is 19.8 Å². The van der Waals surface area contributed by atoms with Crippen LogP contribution in [0.15, 0.2) is 23.2 Å². The van der Waals surface area contributed by atoms with Crippen LogP contribution in [0.2, 0.25) is 0 Å². The second kappa shape index (κ2) is 13.3. The van der Waals surface area contributed by atoms with E-state index in [0.717, 1.165) is 18.5 Å². The first-order valence-electron chi connectivity index (χ1n) is 10.3. The van der Waals surface area contributed by atoms with Crippen LogP contribution in [0.25, 0.3) is 0 Å². The maximum atomic E-state index is 11.8. The number of ether oxygens (including phenoxy) is 4. The van der Waals surface area contributed by atoms with Gasteiger partial charge in [0.15, 0.2) is 27.3 Å². The van der Waals surface area contributed by atoms with Crippen molar-refractivity contribution >= 4 is 21.5 Å². The zero-order chi connectivity index (χ0) is 21.7.